The maximum absolute atomic E-state index is 13.9. The molecule has 0 aliphatic rings. The van der Waals surface area contributed by atoms with Gasteiger partial charge in [0.05, 0.1) is 19.7 Å². The molecule has 146 valence electrons. The highest BCUT2D eigenvalue weighted by Crippen LogP contribution is 2.20. The number of carbonyl (C=O) groups is 1. The van der Waals surface area contributed by atoms with Crippen LogP contribution in [0, 0.1) is 5.82 Å². The van der Waals surface area contributed by atoms with Gasteiger partial charge in [-0.3, -0.25) is 24.0 Å². The van der Waals surface area contributed by atoms with E-state index in [-0.39, 0.29) is 48.2 Å². The van der Waals surface area contributed by atoms with E-state index in [9.17, 15) is 18.8 Å². The molecular formula is C17H20ClFN4O4. The lowest BCUT2D eigenvalue weighted by Gasteiger charge is -2.18. The summed E-state index contributed by atoms with van der Waals surface area (Å²) >= 11 is 5.99. The van der Waals surface area contributed by atoms with E-state index in [2.05, 4.69) is 4.98 Å². The quantitative estimate of drug-likeness (QED) is 0.638. The van der Waals surface area contributed by atoms with Gasteiger partial charge >= 0.3 is 5.69 Å². The van der Waals surface area contributed by atoms with Gasteiger partial charge in [0, 0.05) is 24.2 Å². The minimum absolute atomic E-state index is 0.0539. The number of ketones is 1. The number of nitrogens with zero attached hydrogens (tertiary/aromatic N) is 2. The predicted octanol–water partition coefficient (Wildman–Crippen LogP) is 0.872. The molecule has 2 rings (SSSR count). The van der Waals surface area contributed by atoms with E-state index in [0.29, 0.717) is 0 Å². The number of hydrogen-bond donors (Lipinski definition) is 2. The van der Waals surface area contributed by atoms with E-state index in [1.807, 2.05) is 0 Å². The third-order valence-corrected chi connectivity index (χ3v) is 4.29. The molecular weight excluding hydrogens is 379 g/mol. The number of carbonyl (C=O) groups excluding carboxylic acids is 1. The lowest BCUT2D eigenvalue weighted by atomic mass is 10.1. The minimum Gasteiger partial charge on any atom is -0.384 e. The number of anilines is 1. The molecule has 3 N–H and O–H groups in total. The number of ether oxygens (including phenoxy) is 1. The van der Waals surface area contributed by atoms with Crippen molar-refractivity contribution >= 4 is 23.2 Å². The number of Topliss-reactive ketones (excluding diaryl/α,β-unsaturated/α-hetero) is 1. The molecule has 0 aliphatic heterocycles. The van der Waals surface area contributed by atoms with E-state index in [4.69, 9.17) is 22.1 Å². The molecule has 1 aromatic heterocycles. The topological polar surface area (TPSA) is 110 Å². The van der Waals surface area contributed by atoms with Gasteiger partial charge in [0.25, 0.3) is 5.56 Å². The Morgan fingerprint density at radius 3 is 2.74 bits per heavy atom. The molecule has 0 saturated carbocycles. The Labute approximate surface area is 159 Å². The van der Waals surface area contributed by atoms with Crippen molar-refractivity contribution in [2.24, 2.45) is 0 Å². The van der Waals surface area contributed by atoms with Gasteiger partial charge < -0.3 is 10.5 Å². The molecule has 27 heavy (non-hydrogen) atoms. The molecule has 1 heterocycles. The summed E-state index contributed by atoms with van der Waals surface area (Å²) in [4.78, 5) is 40.1. The predicted molar refractivity (Wildman–Crippen MR) is 99.7 cm³/mol. The van der Waals surface area contributed by atoms with Gasteiger partial charge in [-0.2, -0.15) is 0 Å². The third kappa shape index (κ3) is 4.82. The Morgan fingerprint density at radius 1 is 1.41 bits per heavy atom. The molecule has 0 unspecified atom stereocenters. The van der Waals surface area contributed by atoms with E-state index in [1.165, 1.54) is 24.1 Å². The summed E-state index contributed by atoms with van der Waals surface area (Å²) in [6.45, 7) is 0.0904. The van der Waals surface area contributed by atoms with Crippen molar-refractivity contribution < 1.29 is 13.9 Å². The average molecular weight is 399 g/mol. The molecule has 0 atom stereocenters. The number of aromatic amines is 1. The molecule has 0 radical (unpaired) electrons. The number of benzene rings is 1. The van der Waals surface area contributed by atoms with Crippen LogP contribution in [0.5, 0.6) is 0 Å². The third-order valence-electron chi connectivity index (χ3n) is 3.94. The van der Waals surface area contributed by atoms with E-state index in [0.717, 1.165) is 4.57 Å². The van der Waals surface area contributed by atoms with E-state index in [1.54, 1.807) is 13.1 Å². The van der Waals surface area contributed by atoms with Gasteiger partial charge in [-0.1, -0.05) is 17.7 Å². The van der Waals surface area contributed by atoms with Crippen molar-refractivity contribution in [3.63, 3.8) is 0 Å². The number of H-pyrrole nitrogens is 1. The molecule has 0 saturated heterocycles. The second-order valence-electron chi connectivity index (χ2n) is 5.96. The van der Waals surface area contributed by atoms with Crippen molar-refractivity contribution in [1.29, 1.82) is 0 Å². The fourth-order valence-electron chi connectivity index (χ4n) is 2.60. The zero-order valence-electron chi connectivity index (χ0n) is 14.9. The maximum Gasteiger partial charge on any atom is 0.330 e. The number of nitrogen functional groups attached to an aromatic ring is 1. The Bertz CT molecular complexity index is 937. The van der Waals surface area contributed by atoms with Gasteiger partial charge in [-0.25, -0.2) is 9.18 Å². The van der Waals surface area contributed by atoms with Crippen LogP contribution in [0.25, 0.3) is 0 Å². The molecule has 0 bridgehead atoms. The number of methoxy groups -OCH3 is 1. The standard InChI is InChI=1S/C17H20ClFN4O4/c1-22(8-10-11(18)4-3-5-12(10)19)9-13(24)14-15(20)23(6-7-27-2)17(26)21-16(14)25/h3-5H,6-9,20H2,1-2H3,(H,21,25,26). The van der Waals surface area contributed by atoms with Crippen LogP contribution < -0.4 is 17.0 Å². The lowest BCUT2D eigenvalue weighted by molar-refractivity contribution is 0.0940. The largest absolute Gasteiger partial charge is 0.384 e. The summed E-state index contributed by atoms with van der Waals surface area (Å²) in [7, 11) is 3.02. The van der Waals surface area contributed by atoms with Crippen LogP contribution in [-0.2, 0) is 17.8 Å². The van der Waals surface area contributed by atoms with Crippen molar-refractivity contribution in [3.8, 4) is 0 Å². The zero-order valence-corrected chi connectivity index (χ0v) is 15.7. The number of nitrogens with one attached hydrogen (secondary N) is 1. The molecule has 0 fully saturated rings. The van der Waals surface area contributed by atoms with Gasteiger partial charge in [-0.15, -0.1) is 0 Å². The summed E-state index contributed by atoms with van der Waals surface area (Å²) in [5.74, 6) is -1.33. The summed E-state index contributed by atoms with van der Waals surface area (Å²) in [6, 6.07) is 4.30. The second kappa shape index (κ2) is 8.94. The number of halogens is 2. The molecule has 0 spiro atoms. The lowest BCUT2D eigenvalue weighted by Crippen LogP contribution is -2.39. The first-order valence-corrected chi connectivity index (χ1v) is 8.40. The summed E-state index contributed by atoms with van der Waals surface area (Å²) in [5, 5.41) is 0.236. The Hall–Kier alpha value is -2.49. The van der Waals surface area contributed by atoms with Crippen molar-refractivity contribution in [2.75, 3.05) is 33.0 Å². The molecule has 0 amide bonds. The SMILES string of the molecule is COCCn1c(N)c(C(=O)CN(C)Cc2c(F)cccc2Cl)c(=O)[nH]c1=O. The van der Waals surface area contributed by atoms with Gasteiger partial charge in [0.1, 0.15) is 17.2 Å². The number of rotatable bonds is 8. The Balaban J connectivity index is 2.25. The van der Waals surface area contributed by atoms with Gasteiger partial charge in [-0.05, 0) is 19.2 Å². The van der Waals surface area contributed by atoms with Crippen molar-refractivity contribution in [2.45, 2.75) is 13.1 Å². The number of likely N-dealkylation sites (N-methyl/N-ethyl adjacent to an activating group) is 1. The highest BCUT2D eigenvalue weighted by Gasteiger charge is 2.21. The number of aromatic nitrogens is 2. The second-order valence-corrected chi connectivity index (χ2v) is 6.37. The van der Waals surface area contributed by atoms with Gasteiger partial charge in [0.2, 0.25) is 0 Å². The van der Waals surface area contributed by atoms with E-state index >= 15 is 0 Å². The molecule has 0 aliphatic carbocycles. The normalized spacial score (nSPS) is 11.1. The summed E-state index contributed by atoms with van der Waals surface area (Å²) in [6.07, 6.45) is 0. The average Bonchev–Trinajstić information content (AvgIpc) is 2.57. The highest BCUT2D eigenvalue weighted by molar-refractivity contribution is 6.31. The first-order valence-electron chi connectivity index (χ1n) is 8.02. The molecule has 1 aromatic carbocycles. The van der Waals surface area contributed by atoms with Crippen LogP contribution in [-0.4, -0.2) is 47.5 Å². The number of nitrogens with two attached hydrogens (primary N) is 1. The maximum atomic E-state index is 13.9. The van der Waals surface area contributed by atoms with Crippen molar-refractivity contribution in [3.05, 3.63) is 61.0 Å². The highest BCUT2D eigenvalue weighted by atomic mass is 35.5. The van der Waals surface area contributed by atoms with Crippen LogP contribution in [0.15, 0.2) is 27.8 Å². The van der Waals surface area contributed by atoms with Crippen LogP contribution in [0.3, 0.4) is 0 Å². The number of hydrogen-bond acceptors (Lipinski definition) is 6. The zero-order chi connectivity index (χ0) is 20.1. The minimum atomic E-state index is -0.867. The summed E-state index contributed by atoms with van der Waals surface area (Å²) in [5.41, 5.74) is 4.19. The first-order chi connectivity index (χ1) is 12.8. The van der Waals surface area contributed by atoms with Crippen LogP contribution >= 0.6 is 11.6 Å². The molecule has 10 heteroatoms. The van der Waals surface area contributed by atoms with Gasteiger partial charge in [0.15, 0.2) is 5.78 Å². The van der Waals surface area contributed by atoms with Crippen LogP contribution in [0.4, 0.5) is 10.2 Å². The fraction of sp³-hybridized carbons (Fsp3) is 0.353. The van der Waals surface area contributed by atoms with Crippen molar-refractivity contribution in [1.82, 2.24) is 14.5 Å². The van der Waals surface area contributed by atoms with E-state index < -0.39 is 22.8 Å². The fourth-order valence-corrected chi connectivity index (χ4v) is 2.82. The van der Waals surface area contributed by atoms with Crippen LogP contribution in [0.2, 0.25) is 5.02 Å². The summed E-state index contributed by atoms with van der Waals surface area (Å²) < 4.78 is 19.8. The Morgan fingerprint density at radius 2 is 2.11 bits per heavy atom. The first kappa shape index (κ1) is 20.8. The van der Waals surface area contributed by atoms with Crippen LogP contribution in [0.1, 0.15) is 15.9 Å². The Kier molecular flexibility index (Phi) is 6.89. The monoisotopic (exact) mass is 398 g/mol. The molecule has 2 aromatic rings. The smallest absolute Gasteiger partial charge is 0.330 e. The molecule has 8 nitrogen and oxygen atoms in total.